The minimum absolute atomic E-state index is 0.349. The number of pyridine rings is 1. The predicted octanol–water partition coefficient (Wildman–Crippen LogP) is 3.06. The van der Waals surface area contributed by atoms with Gasteiger partial charge in [-0.05, 0) is 54.6 Å². The van der Waals surface area contributed by atoms with E-state index < -0.39 is 10.0 Å². The lowest BCUT2D eigenvalue weighted by Crippen LogP contribution is -2.32. The van der Waals surface area contributed by atoms with Crippen LogP contribution in [-0.2, 0) is 16.4 Å². The number of aromatic nitrogens is 1. The first kappa shape index (κ1) is 17.0. The van der Waals surface area contributed by atoms with Crippen LogP contribution in [0.1, 0.15) is 12.5 Å². The van der Waals surface area contributed by atoms with Crippen molar-refractivity contribution in [2.45, 2.75) is 23.1 Å². The fraction of sp³-hybridized carbons (Fsp3) is 0.312. The molecule has 0 fully saturated rings. The van der Waals surface area contributed by atoms with Gasteiger partial charge in [0, 0.05) is 30.4 Å². The van der Waals surface area contributed by atoms with E-state index in [4.69, 9.17) is 0 Å². The number of rotatable bonds is 7. The number of hydrogen-bond donors (Lipinski definition) is 0. The largest absolute Gasteiger partial charge is 0.265 e. The molecule has 1 heterocycles. The molecule has 0 radical (unpaired) electrons. The van der Waals surface area contributed by atoms with Crippen LogP contribution in [0.4, 0.5) is 0 Å². The second-order valence-corrected chi connectivity index (χ2v) is 7.60. The van der Waals surface area contributed by atoms with Crippen molar-refractivity contribution in [1.82, 2.24) is 9.29 Å². The summed E-state index contributed by atoms with van der Waals surface area (Å²) in [4.78, 5) is 5.37. The van der Waals surface area contributed by atoms with Crippen molar-refractivity contribution in [1.29, 1.82) is 0 Å². The number of nitrogens with zero attached hydrogens (tertiary/aromatic N) is 2. The van der Waals surface area contributed by atoms with E-state index in [1.165, 1.54) is 4.31 Å². The predicted molar refractivity (Wildman–Crippen MR) is 90.6 cm³/mol. The number of thioether (sulfide) groups is 1. The van der Waals surface area contributed by atoms with Gasteiger partial charge >= 0.3 is 0 Å². The molecule has 6 heteroatoms. The van der Waals surface area contributed by atoms with Crippen LogP contribution in [0.25, 0.3) is 0 Å². The molecule has 2 aromatic rings. The van der Waals surface area contributed by atoms with E-state index in [1.54, 1.807) is 36.3 Å². The van der Waals surface area contributed by atoms with Crippen LogP contribution in [0.5, 0.6) is 0 Å². The molecule has 0 aliphatic heterocycles. The Bertz CT molecular complexity index is 686. The first-order valence-electron chi connectivity index (χ1n) is 7.11. The van der Waals surface area contributed by atoms with Gasteiger partial charge < -0.3 is 0 Å². The summed E-state index contributed by atoms with van der Waals surface area (Å²) in [6.07, 6.45) is 6.09. The Kier molecular flexibility index (Phi) is 5.99. The average Bonchev–Trinajstić information content (AvgIpc) is 2.56. The lowest BCUT2D eigenvalue weighted by molar-refractivity contribution is 0.431. The second kappa shape index (κ2) is 7.76. The first-order chi connectivity index (χ1) is 10.6. The zero-order chi connectivity index (χ0) is 16.0. The maximum Gasteiger partial charge on any atom is 0.243 e. The van der Waals surface area contributed by atoms with Crippen molar-refractivity contribution in [3.05, 3.63) is 54.4 Å². The smallest absolute Gasteiger partial charge is 0.243 e. The van der Waals surface area contributed by atoms with Crippen LogP contribution >= 0.6 is 11.8 Å². The van der Waals surface area contributed by atoms with Crippen molar-refractivity contribution in [2.24, 2.45) is 0 Å². The summed E-state index contributed by atoms with van der Waals surface area (Å²) in [6, 6.07) is 10.9. The molecule has 22 heavy (non-hydrogen) atoms. The molecule has 0 saturated heterocycles. The molecule has 1 aromatic heterocycles. The highest BCUT2D eigenvalue weighted by atomic mass is 32.2. The Hall–Kier alpha value is -1.37. The maximum absolute atomic E-state index is 12.7. The third-order valence-electron chi connectivity index (χ3n) is 3.45. The summed E-state index contributed by atoms with van der Waals surface area (Å²) in [6.45, 7) is 2.78. The third kappa shape index (κ3) is 4.09. The molecule has 0 aliphatic rings. The quantitative estimate of drug-likeness (QED) is 0.729. The van der Waals surface area contributed by atoms with Gasteiger partial charge in [0.2, 0.25) is 10.0 Å². The molecular weight excluding hydrogens is 316 g/mol. The van der Waals surface area contributed by atoms with Crippen molar-refractivity contribution >= 4 is 21.8 Å². The molecule has 0 N–H and O–H groups in total. The number of benzene rings is 1. The van der Waals surface area contributed by atoms with E-state index >= 15 is 0 Å². The lowest BCUT2D eigenvalue weighted by Gasteiger charge is -2.20. The summed E-state index contributed by atoms with van der Waals surface area (Å²) < 4.78 is 26.9. The van der Waals surface area contributed by atoms with Gasteiger partial charge in [-0.2, -0.15) is 4.31 Å². The standard InChI is InChI=1S/C16H20N2O2S2/c1-3-18(13-10-14-8-11-17-12-9-14)22(19,20)16-6-4-15(21-2)5-7-16/h4-9,11-12H,3,10,13H2,1-2H3. The van der Waals surface area contributed by atoms with Gasteiger partial charge in [0.05, 0.1) is 4.90 Å². The summed E-state index contributed by atoms with van der Waals surface area (Å²) in [5, 5.41) is 0. The zero-order valence-electron chi connectivity index (χ0n) is 12.8. The fourth-order valence-electron chi connectivity index (χ4n) is 2.15. The van der Waals surface area contributed by atoms with Gasteiger partial charge in [0.25, 0.3) is 0 Å². The number of hydrogen-bond acceptors (Lipinski definition) is 4. The SMILES string of the molecule is CCN(CCc1ccncc1)S(=O)(=O)c1ccc(SC)cc1. The molecule has 0 unspecified atom stereocenters. The van der Waals surface area contributed by atoms with E-state index in [-0.39, 0.29) is 0 Å². The van der Waals surface area contributed by atoms with Crippen LogP contribution < -0.4 is 0 Å². The van der Waals surface area contributed by atoms with Crippen LogP contribution in [0.15, 0.2) is 58.6 Å². The Labute approximate surface area is 136 Å². The van der Waals surface area contributed by atoms with Crippen LogP contribution in [0.3, 0.4) is 0 Å². The molecule has 0 amide bonds. The molecule has 0 saturated carbocycles. The molecule has 0 bridgehead atoms. The highest BCUT2D eigenvalue weighted by molar-refractivity contribution is 7.98. The van der Waals surface area contributed by atoms with E-state index in [2.05, 4.69) is 4.98 Å². The molecule has 1 aromatic carbocycles. The van der Waals surface area contributed by atoms with Crippen molar-refractivity contribution in [3.63, 3.8) is 0 Å². The molecule has 2 rings (SSSR count). The average molecular weight is 336 g/mol. The normalized spacial score (nSPS) is 11.8. The topological polar surface area (TPSA) is 50.3 Å². The minimum atomic E-state index is -3.44. The summed E-state index contributed by atoms with van der Waals surface area (Å²) in [5.74, 6) is 0. The van der Waals surface area contributed by atoms with Gasteiger partial charge in [0.15, 0.2) is 0 Å². The Morgan fingerprint density at radius 2 is 1.73 bits per heavy atom. The third-order valence-corrected chi connectivity index (χ3v) is 6.18. The van der Waals surface area contributed by atoms with E-state index in [9.17, 15) is 8.42 Å². The molecule has 118 valence electrons. The lowest BCUT2D eigenvalue weighted by atomic mass is 10.2. The molecular formula is C16H20N2O2S2. The Morgan fingerprint density at radius 1 is 1.09 bits per heavy atom. The van der Waals surface area contributed by atoms with Gasteiger partial charge in [-0.25, -0.2) is 8.42 Å². The van der Waals surface area contributed by atoms with Gasteiger partial charge in [-0.1, -0.05) is 6.92 Å². The molecule has 0 atom stereocenters. The molecule has 4 nitrogen and oxygen atoms in total. The summed E-state index contributed by atoms with van der Waals surface area (Å²) in [7, 11) is -3.44. The van der Waals surface area contributed by atoms with Crippen LogP contribution in [0.2, 0.25) is 0 Å². The first-order valence-corrected chi connectivity index (χ1v) is 9.77. The summed E-state index contributed by atoms with van der Waals surface area (Å²) in [5.41, 5.74) is 1.08. The van der Waals surface area contributed by atoms with Crippen molar-refractivity contribution in [3.8, 4) is 0 Å². The van der Waals surface area contributed by atoms with E-state index in [1.807, 2.05) is 37.4 Å². The monoisotopic (exact) mass is 336 g/mol. The Morgan fingerprint density at radius 3 is 2.27 bits per heavy atom. The number of likely N-dealkylation sites (N-methyl/N-ethyl adjacent to an activating group) is 1. The van der Waals surface area contributed by atoms with Gasteiger partial charge in [-0.3, -0.25) is 4.98 Å². The Balaban J connectivity index is 2.13. The number of sulfonamides is 1. The van der Waals surface area contributed by atoms with Gasteiger partial charge in [0.1, 0.15) is 0 Å². The molecule has 0 spiro atoms. The summed E-state index contributed by atoms with van der Waals surface area (Å²) >= 11 is 1.60. The van der Waals surface area contributed by atoms with E-state index in [0.29, 0.717) is 24.4 Å². The zero-order valence-corrected chi connectivity index (χ0v) is 14.4. The van der Waals surface area contributed by atoms with Crippen molar-refractivity contribution < 1.29 is 8.42 Å². The molecule has 0 aliphatic carbocycles. The van der Waals surface area contributed by atoms with Gasteiger partial charge in [-0.15, -0.1) is 11.8 Å². The van der Waals surface area contributed by atoms with Crippen LogP contribution in [0, 0.1) is 0 Å². The van der Waals surface area contributed by atoms with E-state index in [0.717, 1.165) is 10.5 Å². The minimum Gasteiger partial charge on any atom is -0.265 e. The maximum atomic E-state index is 12.7. The van der Waals surface area contributed by atoms with Crippen LogP contribution in [-0.4, -0.2) is 37.1 Å². The highest BCUT2D eigenvalue weighted by Crippen LogP contribution is 2.20. The highest BCUT2D eigenvalue weighted by Gasteiger charge is 2.22. The fourth-order valence-corrected chi connectivity index (χ4v) is 4.01. The second-order valence-electron chi connectivity index (χ2n) is 4.78. The van der Waals surface area contributed by atoms with Crippen molar-refractivity contribution in [2.75, 3.05) is 19.3 Å².